The molecular weight excluding hydrogens is 246 g/mol. The number of hydrogen-bond donors (Lipinski definition) is 1. The standard InChI is InChI=1S/C11H15N.C6H8Si/c1-2-6-10(7-3-1)12-11-8-4-5-9-11;7-6-4-2-1-3-5-6/h1-3,6-7,11-12H,4-5,8-9H2;1-5H,7H3. The summed E-state index contributed by atoms with van der Waals surface area (Å²) in [6.45, 7) is 0. The highest BCUT2D eigenvalue weighted by atomic mass is 28.1. The van der Waals surface area contributed by atoms with Gasteiger partial charge in [-0.25, -0.2) is 0 Å². The summed E-state index contributed by atoms with van der Waals surface area (Å²) in [6, 6.07) is 21.7. The molecule has 0 aromatic heterocycles. The lowest BCUT2D eigenvalue weighted by Gasteiger charge is -2.12. The zero-order valence-electron chi connectivity index (χ0n) is 11.7. The van der Waals surface area contributed by atoms with Crippen LogP contribution in [0.3, 0.4) is 0 Å². The minimum absolute atomic E-state index is 0.729. The fraction of sp³-hybridized carbons (Fsp3) is 0.294. The number of anilines is 1. The van der Waals surface area contributed by atoms with Gasteiger partial charge in [-0.1, -0.05) is 66.6 Å². The lowest BCUT2D eigenvalue weighted by molar-refractivity contribution is 0.755. The Morgan fingerprint density at radius 1 is 0.789 bits per heavy atom. The molecule has 0 atom stereocenters. The van der Waals surface area contributed by atoms with Crippen molar-refractivity contribution in [2.45, 2.75) is 31.7 Å². The van der Waals surface area contributed by atoms with Crippen LogP contribution >= 0.6 is 0 Å². The van der Waals surface area contributed by atoms with Gasteiger partial charge in [-0.2, -0.15) is 0 Å². The van der Waals surface area contributed by atoms with E-state index < -0.39 is 0 Å². The van der Waals surface area contributed by atoms with Crippen LogP contribution in [-0.4, -0.2) is 16.3 Å². The quantitative estimate of drug-likeness (QED) is 0.827. The molecule has 2 aromatic carbocycles. The molecule has 0 spiro atoms. The first kappa shape index (κ1) is 13.9. The van der Waals surface area contributed by atoms with Gasteiger partial charge in [0.25, 0.3) is 0 Å². The molecule has 1 fully saturated rings. The van der Waals surface area contributed by atoms with Gasteiger partial charge in [-0.15, -0.1) is 0 Å². The lowest BCUT2D eigenvalue weighted by atomic mass is 10.2. The van der Waals surface area contributed by atoms with Crippen LogP contribution in [-0.2, 0) is 0 Å². The molecule has 3 rings (SSSR count). The van der Waals surface area contributed by atoms with Gasteiger partial charge in [-0.3, -0.25) is 0 Å². The summed E-state index contributed by atoms with van der Waals surface area (Å²) in [5.74, 6) is 0. The van der Waals surface area contributed by atoms with Crippen LogP contribution in [0.4, 0.5) is 5.69 Å². The largest absolute Gasteiger partial charge is 0.382 e. The van der Waals surface area contributed by atoms with Crippen molar-refractivity contribution in [2.75, 3.05) is 5.32 Å². The zero-order valence-corrected chi connectivity index (χ0v) is 13.7. The summed E-state index contributed by atoms with van der Waals surface area (Å²) in [7, 11) is 1.17. The highest BCUT2D eigenvalue weighted by Crippen LogP contribution is 2.21. The van der Waals surface area contributed by atoms with Gasteiger partial charge >= 0.3 is 0 Å². The molecular formula is C17H23NSi. The Morgan fingerprint density at radius 3 is 1.79 bits per heavy atom. The van der Waals surface area contributed by atoms with E-state index in [4.69, 9.17) is 0 Å². The number of hydrogen-bond acceptors (Lipinski definition) is 1. The Labute approximate surface area is 119 Å². The number of rotatable bonds is 2. The summed E-state index contributed by atoms with van der Waals surface area (Å²) >= 11 is 0. The minimum atomic E-state index is 0.729. The Balaban J connectivity index is 0.000000163. The number of benzene rings is 2. The Morgan fingerprint density at radius 2 is 1.32 bits per heavy atom. The summed E-state index contributed by atoms with van der Waals surface area (Å²) in [6.07, 6.45) is 5.47. The minimum Gasteiger partial charge on any atom is -0.382 e. The van der Waals surface area contributed by atoms with E-state index in [9.17, 15) is 0 Å². The van der Waals surface area contributed by atoms with E-state index in [1.807, 2.05) is 6.07 Å². The van der Waals surface area contributed by atoms with E-state index in [0.29, 0.717) is 0 Å². The molecule has 0 unspecified atom stereocenters. The Bertz CT molecular complexity index is 449. The third-order valence-electron chi connectivity index (χ3n) is 3.44. The average Bonchev–Trinajstić information content (AvgIpc) is 2.94. The van der Waals surface area contributed by atoms with Crippen molar-refractivity contribution in [1.29, 1.82) is 0 Å². The number of nitrogens with one attached hydrogen (secondary N) is 1. The molecule has 2 heteroatoms. The zero-order chi connectivity index (χ0) is 13.3. The molecule has 0 saturated heterocycles. The maximum atomic E-state index is 3.54. The second-order valence-corrected chi connectivity index (χ2v) is 6.30. The van der Waals surface area contributed by atoms with Crippen LogP contribution < -0.4 is 10.5 Å². The van der Waals surface area contributed by atoms with Gasteiger partial charge in [0.1, 0.15) is 0 Å². The second kappa shape index (κ2) is 7.80. The predicted octanol–water partition coefficient (Wildman–Crippen LogP) is 2.72. The van der Waals surface area contributed by atoms with E-state index in [-0.39, 0.29) is 0 Å². The van der Waals surface area contributed by atoms with E-state index in [1.165, 1.54) is 46.8 Å². The first-order valence-electron chi connectivity index (χ1n) is 7.18. The van der Waals surface area contributed by atoms with Gasteiger partial charge in [0.15, 0.2) is 0 Å². The fourth-order valence-corrected chi connectivity index (χ4v) is 2.76. The van der Waals surface area contributed by atoms with Crippen molar-refractivity contribution in [1.82, 2.24) is 0 Å². The molecule has 1 aliphatic carbocycles. The van der Waals surface area contributed by atoms with Crippen molar-refractivity contribution in [3.8, 4) is 0 Å². The van der Waals surface area contributed by atoms with Crippen molar-refractivity contribution >= 4 is 21.1 Å². The molecule has 0 heterocycles. The second-order valence-electron chi connectivity index (χ2n) is 5.15. The van der Waals surface area contributed by atoms with Crippen LogP contribution in [0.25, 0.3) is 0 Å². The van der Waals surface area contributed by atoms with E-state index in [0.717, 1.165) is 6.04 Å². The molecule has 0 radical (unpaired) electrons. The molecule has 0 bridgehead atoms. The molecule has 0 aliphatic heterocycles. The van der Waals surface area contributed by atoms with Crippen LogP contribution in [0.2, 0.25) is 0 Å². The van der Waals surface area contributed by atoms with Crippen molar-refractivity contribution in [3.05, 3.63) is 60.7 Å². The predicted molar refractivity (Wildman–Crippen MR) is 88.3 cm³/mol. The molecule has 100 valence electrons. The maximum Gasteiger partial charge on any atom is 0.0384 e. The average molecular weight is 269 g/mol. The van der Waals surface area contributed by atoms with Crippen molar-refractivity contribution < 1.29 is 0 Å². The fourth-order valence-electron chi connectivity index (χ4n) is 2.37. The van der Waals surface area contributed by atoms with Crippen molar-refractivity contribution in [3.63, 3.8) is 0 Å². The van der Waals surface area contributed by atoms with Gasteiger partial charge in [-0.05, 0) is 25.0 Å². The molecule has 2 aromatic rings. The molecule has 0 amide bonds. The lowest BCUT2D eigenvalue weighted by Crippen LogP contribution is -2.13. The Kier molecular flexibility index (Phi) is 5.69. The number of para-hydroxylation sites is 1. The third-order valence-corrected chi connectivity index (χ3v) is 4.11. The first-order valence-corrected chi connectivity index (χ1v) is 8.18. The maximum absolute atomic E-state index is 3.54. The van der Waals surface area contributed by atoms with Crippen LogP contribution in [0, 0.1) is 0 Å². The van der Waals surface area contributed by atoms with Crippen LogP contribution in [0.15, 0.2) is 60.7 Å². The van der Waals surface area contributed by atoms with Crippen molar-refractivity contribution in [2.24, 2.45) is 0 Å². The van der Waals surface area contributed by atoms with Gasteiger partial charge in [0.05, 0.1) is 0 Å². The molecule has 1 saturated carbocycles. The summed E-state index contributed by atoms with van der Waals surface area (Å²) in [5, 5.41) is 5.00. The van der Waals surface area contributed by atoms with E-state index in [2.05, 4.69) is 59.9 Å². The van der Waals surface area contributed by atoms with Crippen LogP contribution in [0.1, 0.15) is 25.7 Å². The van der Waals surface area contributed by atoms with Gasteiger partial charge in [0, 0.05) is 22.0 Å². The van der Waals surface area contributed by atoms with E-state index >= 15 is 0 Å². The SMILES string of the molecule is [SiH3]c1ccccc1.c1ccc(NC2CCCC2)cc1. The molecule has 1 aliphatic rings. The first-order chi connectivity index (χ1) is 9.34. The summed E-state index contributed by atoms with van der Waals surface area (Å²) in [4.78, 5) is 0. The Hall–Kier alpha value is -1.54. The smallest absolute Gasteiger partial charge is 0.0384 e. The molecule has 1 nitrogen and oxygen atoms in total. The monoisotopic (exact) mass is 269 g/mol. The highest BCUT2D eigenvalue weighted by Gasteiger charge is 2.13. The highest BCUT2D eigenvalue weighted by molar-refractivity contribution is 6.32. The van der Waals surface area contributed by atoms with Crippen LogP contribution in [0.5, 0.6) is 0 Å². The summed E-state index contributed by atoms with van der Waals surface area (Å²) in [5.41, 5.74) is 1.27. The van der Waals surface area contributed by atoms with Gasteiger partial charge in [0.2, 0.25) is 0 Å². The van der Waals surface area contributed by atoms with Gasteiger partial charge < -0.3 is 5.32 Å². The molecule has 1 N–H and O–H groups in total. The third kappa shape index (κ3) is 5.31. The molecule has 19 heavy (non-hydrogen) atoms. The summed E-state index contributed by atoms with van der Waals surface area (Å²) < 4.78 is 0. The normalized spacial score (nSPS) is 14.7. The van der Waals surface area contributed by atoms with E-state index in [1.54, 1.807) is 0 Å². The topological polar surface area (TPSA) is 12.0 Å².